The highest BCUT2D eigenvalue weighted by Crippen LogP contribution is 2.25. The largest absolute Gasteiger partial charge is 0.371 e. The molecule has 31 heavy (non-hydrogen) atoms. The average molecular weight is 437 g/mol. The minimum Gasteiger partial charge on any atom is -0.371 e. The van der Waals surface area contributed by atoms with Crippen molar-refractivity contribution in [1.29, 1.82) is 0 Å². The molecule has 6 heteroatoms. The number of rotatable bonds is 5. The molecule has 0 aliphatic carbocycles. The molecule has 0 saturated carbocycles. The van der Waals surface area contributed by atoms with Crippen molar-refractivity contribution in [3.05, 3.63) is 54.1 Å². The SMILES string of the molecule is C[C@H]1CCCN(c2ccc([C@H](C)NC(=S)Nc3ccc(N4CCCC4=O)cc3)cc2)C1. The standard InChI is InChI=1S/C25H32N4OS/c1-18-5-3-15-28(17-18)22-11-7-20(8-12-22)19(2)26-25(31)27-21-9-13-23(14-10-21)29-16-4-6-24(29)30/h7-14,18-19H,3-6,15-17H2,1-2H3,(H2,26,27,31)/t18-,19-/m0/s1. The number of anilines is 3. The second-order valence-electron chi connectivity index (χ2n) is 8.80. The molecule has 0 spiro atoms. The average Bonchev–Trinajstić information content (AvgIpc) is 3.20. The Kier molecular flexibility index (Phi) is 6.76. The van der Waals surface area contributed by atoms with E-state index in [0.717, 1.165) is 43.3 Å². The van der Waals surface area contributed by atoms with Gasteiger partial charge in [0.25, 0.3) is 0 Å². The fraction of sp³-hybridized carbons (Fsp3) is 0.440. The third-order valence-electron chi connectivity index (χ3n) is 6.27. The zero-order valence-corrected chi connectivity index (χ0v) is 19.3. The Hall–Kier alpha value is -2.60. The van der Waals surface area contributed by atoms with Crippen LogP contribution in [-0.2, 0) is 4.79 Å². The number of thiocarbonyl (C=S) groups is 1. The van der Waals surface area contributed by atoms with Gasteiger partial charge in [0.15, 0.2) is 5.11 Å². The Morgan fingerprint density at radius 1 is 1.03 bits per heavy atom. The van der Waals surface area contributed by atoms with Gasteiger partial charge in [-0.2, -0.15) is 0 Å². The van der Waals surface area contributed by atoms with Crippen LogP contribution in [-0.4, -0.2) is 30.7 Å². The van der Waals surface area contributed by atoms with Crippen LogP contribution in [0.2, 0.25) is 0 Å². The van der Waals surface area contributed by atoms with Crippen LogP contribution in [0.5, 0.6) is 0 Å². The number of hydrogen-bond acceptors (Lipinski definition) is 3. The fourth-order valence-corrected chi connectivity index (χ4v) is 4.79. The highest BCUT2D eigenvalue weighted by molar-refractivity contribution is 7.80. The van der Waals surface area contributed by atoms with Crippen molar-refractivity contribution in [2.75, 3.05) is 34.8 Å². The minimum absolute atomic E-state index is 0.107. The summed E-state index contributed by atoms with van der Waals surface area (Å²) < 4.78 is 0. The maximum absolute atomic E-state index is 11.9. The zero-order chi connectivity index (χ0) is 21.8. The molecule has 2 aliphatic heterocycles. The van der Waals surface area contributed by atoms with Gasteiger partial charge in [-0.25, -0.2) is 0 Å². The maximum atomic E-state index is 11.9. The van der Waals surface area contributed by atoms with Crippen molar-refractivity contribution >= 4 is 40.3 Å². The lowest BCUT2D eigenvalue weighted by atomic mass is 9.99. The quantitative estimate of drug-likeness (QED) is 0.639. The molecule has 2 atom stereocenters. The topological polar surface area (TPSA) is 47.6 Å². The van der Waals surface area contributed by atoms with E-state index in [1.54, 1.807) is 0 Å². The Morgan fingerprint density at radius 3 is 2.39 bits per heavy atom. The normalized spacial score (nSPS) is 19.9. The highest BCUT2D eigenvalue weighted by atomic mass is 32.1. The van der Waals surface area contributed by atoms with Gasteiger partial charge in [-0.3, -0.25) is 4.79 Å². The fourth-order valence-electron chi connectivity index (χ4n) is 4.49. The Balaban J connectivity index is 1.30. The molecular formula is C25H32N4OS. The molecule has 5 nitrogen and oxygen atoms in total. The van der Waals surface area contributed by atoms with Crippen molar-refractivity contribution in [1.82, 2.24) is 5.32 Å². The molecule has 2 fully saturated rings. The molecule has 2 N–H and O–H groups in total. The summed E-state index contributed by atoms with van der Waals surface area (Å²) in [6.07, 6.45) is 4.18. The van der Waals surface area contributed by atoms with Gasteiger partial charge in [0.2, 0.25) is 5.91 Å². The van der Waals surface area contributed by atoms with Crippen LogP contribution in [0.1, 0.15) is 51.1 Å². The van der Waals surface area contributed by atoms with Crippen LogP contribution in [0, 0.1) is 5.92 Å². The van der Waals surface area contributed by atoms with Crippen LogP contribution in [0.3, 0.4) is 0 Å². The number of nitrogens with zero attached hydrogens (tertiary/aromatic N) is 2. The van der Waals surface area contributed by atoms with Gasteiger partial charge in [0.05, 0.1) is 6.04 Å². The third-order valence-corrected chi connectivity index (χ3v) is 6.49. The van der Waals surface area contributed by atoms with E-state index in [9.17, 15) is 4.79 Å². The summed E-state index contributed by atoms with van der Waals surface area (Å²) in [5, 5.41) is 7.21. The van der Waals surface area contributed by atoms with Gasteiger partial charge in [-0.05, 0) is 86.3 Å². The second-order valence-corrected chi connectivity index (χ2v) is 9.21. The van der Waals surface area contributed by atoms with Crippen molar-refractivity contribution in [2.24, 2.45) is 5.92 Å². The predicted molar refractivity (Wildman–Crippen MR) is 133 cm³/mol. The number of hydrogen-bond donors (Lipinski definition) is 2. The van der Waals surface area contributed by atoms with Crippen molar-refractivity contribution in [3.8, 4) is 0 Å². The summed E-state index contributed by atoms with van der Waals surface area (Å²) in [4.78, 5) is 16.2. The van der Waals surface area contributed by atoms with Gasteiger partial charge < -0.3 is 20.4 Å². The summed E-state index contributed by atoms with van der Waals surface area (Å²) in [7, 11) is 0. The summed E-state index contributed by atoms with van der Waals surface area (Å²) in [6, 6.07) is 16.8. The van der Waals surface area contributed by atoms with Crippen molar-refractivity contribution in [3.63, 3.8) is 0 Å². The third kappa shape index (κ3) is 5.37. The predicted octanol–water partition coefficient (Wildman–Crippen LogP) is 5.10. The molecule has 0 aromatic heterocycles. The highest BCUT2D eigenvalue weighted by Gasteiger charge is 2.21. The minimum atomic E-state index is 0.107. The number of nitrogens with one attached hydrogen (secondary N) is 2. The lowest BCUT2D eigenvalue weighted by Crippen LogP contribution is -2.34. The van der Waals surface area contributed by atoms with Crippen LogP contribution in [0.15, 0.2) is 48.5 Å². The van der Waals surface area contributed by atoms with E-state index in [0.29, 0.717) is 11.5 Å². The molecule has 2 aromatic carbocycles. The van der Waals surface area contributed by atoms with Crippen LogP contribution in [0.25, 0.3) is 0 Å². The van der Waals surface area contributed by atoms with Crippen LogP contribution in [0.4, 0.5) is 17.1 Å². The molecule has 2 aromatic rings. The second kappa shape index (κ2) is 9.69. The number of piperidine rings is 1. The van der Waals surface area contributed by atoms with Crippen LogP contribution < -0.4 is 20.4 Å². The lowest BCUT2D eigenvalue weighted by Gasteiger charge is -2.33. The van der Waals surface area contributed by atoms with E-state index < -0.39 is 0 Å². The van der Waals surface area contributed by atoms with Gasteiger partial charge in [-0.15, -0.1) is 0 Å². The van der Waals surface area contributed by atoms with E-state index in [4.69, 9.17) is 12.2 Å². The Morgan fingerprint density at radius 2 is 1.74 bits per heavy atom. The first-order chi connectivity index (χ1) is 15.0. The first-order valence-electron chi connectivity index (χ1n) is 11.3. The zero-order valence-electron chi connectivity index (χ0n) is 18.4. The van der Waals surface area contributed by atoms with Gasteiger partial charge in [0, 0.05) is 43.1 Å². The molecule has 164 valence electrons. The lowest BCUT2D eigenvalue weighted by molar-refractivity contribution is -0.117. The number of amides is 1. The van der Waals surface area contributed by atoms with Crippen molar-refractivity contribution in [2.45, 2.75) is 45.6 Å². The molecule has 4 rings (SSSR count). The van der Waals surface area contributed by atoms with Gasteiger partial charge >= 0.3 is 0 Å². The first-order valence-corrected chi connectivity index (χ1v) is 11.7. The maximum Gasteiger partial charge on any atom is 0.227 e. The van der Waals surface area contributed by atoms with Gasteiger partial charge in [0.1, 0.15) is 0 Å². The van der Waals surface area contributed by atoms with E-state index in [-0.39, 0.29) is 11.9 Å². The number of carbonyl (C=O) groups excluding carboxylic acids is 1. The van der Waals surface area contributed by atoms with E-state index >= 15 is 0 Å². The summed E-state index contributed by atoms with van der Waals surface area (Å²) in [5.41, 5.74) is 4.37. The first kappa shape index (κ1) is 21.6. The molecule has 2 heterocycles. The molecule has 0 unspecified atom stereocenters. The van der Waals surface area contributed by atoms with Gasteiger partial charge in [-0.1, -0.05) is 19.1 Å². The molecule has 2 saturated heterocycles. The van der Waals surface area contributed by atoms with E-state index in [1.807, 2.05) is 29.2 Å². The van der Waals surface area contributed by atoms with E-state index in [2.05, 4.69) is 53.6 Å². The number of benzene rings is 2. The molecular weight excluding hydrogens is 404 g/mol. The van der Waals surface area contributed by atoms with Crippen LogP contribution >= 0.6 is 12.2 Å². The molecule has 1 amide bonds. The smallest absolute Gasteiger partial charge is 0.227 e. The molecule has 0 radical (unpaired) electrons. The summed E-state index contributed by atoms with van der Waals surface area (Å²) in [6.45, 7) is 7.55. The Labute approximate surface area is 190 Å². The summed E-state index contributed by atoms with van der Waals surface area (Å²) >= 11 is 5.52. The molecule has 2 aliphatic rings. The monoisotopic (exact) mass is 436 g/mol. The molecule has 0 bridgehead atoms. The van der Waals surface area contributed by atoms with Crippen molar-refractivity contribution < 1.29 is 4.79 Å². The Bertz CT molecular complexity index is 912. The summed E-state index contributed by atoms with van der Waals surface area (Å²) in [5.74, 6) is 0.968. The van der Waals surface area contributed by atoms with E-state index in [1.165, 1.54) is 24.1 Å². The number of carbonyl (C=O) groups is 1.